The van der Waals surface area contributed by atoms with Gasteiger partial charge in [-0.3, -0.25) is 4.99 Å². The summed E-state index contributed by atoms with van der Waals surface area (Å²) >= 11 is 1.71. The van der Waals surface area contributed by atoms with Gasteiger partial charge in [0.2, 0.25) is 0 Å². The molecule has 2 heterocycles. The molecule has 1 spiro atoms. The molecule has 3 fully saturated rings. The highest BCUT2D eigenvalue weighted by Gasteiger charge is 2.66. The molecule has 3 atom stereocenters. The standard InChI is InChI=1S/C18H28N4OS.HI/c1-3-19-17(20-9-5-13-11-24-12(2)21-13)22-15-14-6-10-23-16(14)18(15)7-4-8-18;/h11,14-16H,3-10H2,1-2H3,(H2,19,20,22);1H. The summed E-state index contributed by atoms with van der Waals surface area (Å²) in [7, 11) is 0. The zero-order chi connectivity index (χ0) is 16.6. The van der Waals surface area contributed by atoms with Gasteiger partial charge in [-0.15, -0.1) is 35.3 Å². The minimum absolute atomic E-state index is 0. The summed E-state index contributed by atoms with van der Waals surface area (Å²) in [6.07, 6.45) is 6.58. The Balaban J connectivity index is 0.00000182. The molecule has 0 aromatic carbocycles. The summed E-state index contributed by atoms with van der Waals surface area (Å²) in [5, 5.41) is 10.4. The van der Waals surface area contributed by atoms with Crippen LogP contribution in [-0.2, 0) is 11.2 Å². The molecule has 2 N–H and O–H groups in total. The molecule has 2 saturated carbocycles. The number of halogens is 1. The molecule has 3 unspecified atom stereocenters. The third kappa shape index (κ3) is 3.56. The SMILES string of the molecule is CCNC(=NCCc1csc(C)n1)NC1C2CCOC2C12CCC2.I. The molecule has 0 amide bonds. The van der Waals surface area contributed by atoms with Crippen LogP contribution >= 0.6 is 35.3 Å². The first-order chi connectivity index (χ1) is 11.7. The highest BCUT2D eigenvalue weighted by Crippen LogP contribution is 2.62. The molecule has 1 aliphatic heterocycles. The van der Waals surface area contributed by atoms with Crippen molar-refractivity contribution in [2.45, 2.75) is 58.1 Å². The van der Waals surface area contributed by atoms with E-state index in [0.717, 1.165) is 42.8 Å². The van der Waals surface area contributed by atoms with Crippen molar-refractivity contribution in [1.82, 2.24) is 15.6 Å². The van der Waals surface area contributed by atoms with Crippen molar-refractivity contribution in [3.05, 3.63) is 16.1 Å². The van der Waals surface area contributed by atoms with E-state index in [-0.39, 0.29) is 24.0 Å². The number of nitrogens with zero attached hydrogens (tertiary/aromatic N) is 2. The summed E-state index contributed by atoms with van der Waals surface area (Å²) in [4.78, 5) is 9.32. The van der Waals surface area contributed by atoms with Crippen molar-refractivity contribution in [3.8, 4) is 0 Å². The third-order valence-corrected chi connectivity index (χ3v) is 6.80. The molecule has 0 bridgehead atoms. The van der Waals surface area contributed by atoms with Gasteiger partial charge in [-0.2, -0.15) is 0 Å². The predicted molar refractivity (Wildman–Crippen MR) is 113 cm³/mol. The Hall–Kier alpha value is -0.410. The molecule has 140 valence electrons. The quantitative estimate of drug-likeness (QED) is 0.390. The minimum Gasteiger partial charge on any atom is -0.377 e. The van der Waals surface area contributed by atoms with E-state index in [1.807, 2.05) is 0 Å². The van der Waals surface area contributed by atoms with Gasteiger partial charge in [-0.1, -0.05) is 6.42 Å². The molecular formula is C18H29IN4OS. The number of aliphatic imine (C=N–C) groups is 1. The topological polar surface area (TPSA) is 58.5 Å². The molecule has 2 aliphatic carbocycles. The van der Waals surface area contributed by atoms with Crippen molar-refractivity contribution in [2.75, 3.05) is 19.7 Å². The Morgan fingerprint density at radius 1 is 1.48 bits per heavy atom. The number of rotatable bonds is 5. The minimum atomic E-state index is 0. The van der Waals surface area contributed by atoms with Crippen LogP contribution in [0.15, 0.2) is 10.4 Å². The first-order valence-electron chi connectivity index (χ1n) is 9.30. The van der Waals surface area contributed by atoms with Gasteiger partial charge in [-0.05, 0) is 33.1 Å². The predicted octanol–water partition coefficient (Wildman–Crippen LogP) is 3.12. The van der Waals surface area contributed by atoms with E-state index in [1.54, 1.807) is 11.3 Å². The van der Waals surface area contributed by atoms with Crippen LogP contribution < -0.4 is 10.6 Å². The van der Waals surface area contributed by atoms with Crippen LogP contribution in [0.4, 0.5) is 0 Å². The van der Waals surface area contributed by atoms with Crippen molar-refractivity contribution in [1.29, 1.82) is 0 Å². The molecule has 1 saturated heterocycles. The lowest BCUT2D eigenvalue weighted by molar-refractivity contribution is -0.171. The number of hydrogen-bond acceptors (Lipinski definition) is 4. The average Bonchev–Trinajstić information content (AvgIpc) is 3.11. The lowest BCUT2D eigenvalue weighted by Crippen LogP contribution is -2.72. The zero-order valence-electron chi connectivity index (χ0n) is 15.1. The molecule has 7 heteroatoms. The summed E-state index contributed by atoms with van der Waals surface area (Å²) in [6.45, 7) is 6.79. The summed E-state index contributed by atoms with van der Waals surface area (Å²) in [5.74, 6) is 1.64. The first kappa shape index (κ1) is 19.4. The van der Waals surface area contributed by atoms with Gasteiger partial charge in [0.25, 0.3) is 0 Å². The Morgan fingerprint density at radius 3 is 2.96 bits per heavy atom. The van der Waals surface area contributed by atoms with Crippen molar-refractivity contribution >= 4 is 41.3 Å². The lowest BCUT2D eigenvalue weighted by Gasteiger charge is -2.63. The number of fused-ring (bicyclic) bond motifs is 2. The van der Waals surface area contributed by atoms with Gasteiger partial charge in [-0.25, -0.2) is 4.98 Å². The van der Waals surface area contributed by atoms with Gasteiger partial charge < -0.3 is 15.4 Å². The molecule has 5 nitrogen and oxygen atoms in total. The fraction of sp³-hybridized carbons (Fsp3) is 0.778. The van der Waals surface area contributed by atoms with Gasteiger partial charge in [0, 0.05) is 48.9 Å². The van der Waals surface area contributed by atoms with Crippen LogP contribution in [0.3, 0.4) is 0 Å². The molecule has 1 aromatic rings. The highest BCUT2D eigenvalue weighted by molar-refractivity contribution is 14.0. The van der Waals surface area contributed by atoms with E-state index in [0.29, 0.717) is 23.5 Å². The third-order valence-electron chi connectivity index (χ3n) is 5.98. The number of guanidine groups is 1. The van der Waals surface area contributed by atoms with E-state index in [1.165, 1.54) is 25.7 Å². The Bertz CT molecular complexity index is 616. The second-order valence-electron chi connectivity index (χ2n) is 7.32. The molecule has 4 rings (SSSR count). The number of aryl methyl sites for hydroxylation is 1. The van der Waals surface area contributed by atoms with E-state index in [4.69, 9.17) is 9.73 Å². The molecule has 1 aromatic heterocycles. The van der Waals surface area contributed by atoms with Crippen LogP contribution in [0.5, 0.6) is 0 Å². The van der Waals surface area contributed by atoms with Gasteiger partial charge in [0.15, 0.2) is 5.96 Å². The van der Waals surface area contributed by atoms with Crippen molar-refractivity contribution < 1.29 is 4.74 Å². The smallest absolute Gasteiger partial charge is 0.191 e. The van der Waals surface area contributed by atoms with E-state index >= 15 is 0 Å². The number of ether oxygens (including phenoxy) is 1. The number of hydrogen-bond donors (Lipinski definition) is 2. The normalized spacial score (nSPS) is 29.4. The molecular weight excluding hydrogens is 447 g/mol. The Kier molecular flexibility index (Phi) is 6.26. The molecule has 3 aliphatic rings. The summed E-state index contributed by atoms with van der Waals surface area (Å²) in [5.41, 5.74) is 1.55. The van der Waals surface area contributed by atoms with Crippen LogP contribution in [-0.4, -0.2) is 42.8 Å². The fourth-order valence-electron chi connectivity index (χ4n) is 4.73. The monoisotopic (exact) mass is 476 g/mol. The maximum Gasteiger partial charge on any atom is 0.191 e. The lowest BCUT2D eigenvalue weighted by atomic mass is 9.46. The van der Waals surface area contributed by atoms with Gasteiger partial charge >= 0.3 is 0 Å². The average molecular weight is 476 g/mol. The fourth-order valence-corrected chi connectivity index (χ4v) is 5.38. The maximum atomic E-state index is 6.02. The van der Waals surface area contributed by atoms with Crippen molar-refractivity contribution in [3.63, 3.8) is 0 Å². The maximum absolute atomic E-state index is 6.02. The van der Waals surface area contributed by atoms with Crippen LogP contribution in [0.25, 0.3) is 0 Å². The highest BCUT2D eigenvalue weighted by atomic mass is 127. The second-order valence-corrected chi connectivity index (χ2v) is 8.38. The summed E-state index contributed by atoms with van der Waals surface area (Å²) in [6, 6.07) is 0.540. The van der Waals surface area contributed by atoms with Gasteiger partial charge in [0.1, 0.15) is 0 Å². The van der Waals surface area contributed by atoms with E-state index in [9.17, 15) is 0 Å². The van der Waals surface area contributed by atoms with E-state index < -0.39 is 0 Å². The summed E-state index contributed by atoms with van der Waals surface area (Å²) < 4.78 is 6.02. The number of aromatic nitrogens is 1. The first-order valence-corrected chi connectivity index (χ1v) is 10.2. The van der Waals surface area contributed by atoms with Crippen molar-refractivity contribution in [2.24, 2.45) is 16.3 Å². The Morgan fingerprint density at radius 2 is 2.32 bits per heavy atom. The van der Waals surface area contributed by atoms with Crippen LogP contribution in [0.2, 0.25) is 0 Å². The van der Waals surface area contributed by atoms with Crippen LogP contribution in [0, 0.1) is 18.3 Å². The second kappa shape index (κ2) is 8.08. The largest absolute Gasteiger partial charge is 0.377 e. The van der Waals surface area contributed by atoms with Crippen LogP contribution in [0.1, 0.15) is 43.3 Å². The number of thiazole rings is 1. The zero-order valence-corrected chi connectivity index (χ0v) is 18.2. The molecule has 25 heavy (non-hydrogen) atoms. The number of nitrogens with one attached hydrogen (secondary N) is 2. The van der Waals surface area contributed by atoms with E-state index in [2.05, 4.69) is 34.8 Å². The van der Waals surface area contributed by atoms with Gasteiger partial charge in [0.05, 0.1) is 16.8 Å². The molecule has 0 radical (unpaired) electrons. The Labute approximate surface area is 171 Å².